The summed E-state index contributed by atoms with van der Waals surface area (Å²) >= 11 is 0. The third-order valence-electron chi connectivity index (χ3n) is 4.60. The van der Waals surface area contributed by atoms with Crippen LogP contribution in [0.3, 0.4) is 0 Å². The Kier molecular flexibility index (Phi) is 6.17. The molecule has 1 N–H and O–H groups in total. The van der Waals surface area contributed by atoms with Crippen molar-refractivity contribution in [3.63, 3.8) is 0 Å². The first-order valence-electron chi connectivity index (χ1n) is 9.21. The zero-order chi connectivity index (χ0) is 21.9. The minimum atomic E-state index is -4.61. The molecule has 30 heavy (non-hydrogen) atoms. The van der Waals surface area contributed by atoms with Gasteiger partial charge in [0.15, 0.2) is 0 Å². The van der Waals surface area contributed by atoms with Gasteiger partial charge < -0.3 is 19.7 Å². The lowest BCUT2D eigenvalue weighted by molar-refractivity contribution is -0.137. The lowest BCUT2D eigenvalue weighted by Crippen LogP contribution is -2.28. The van der Waals surface area contributed by atoms with Crippen LogP contribution in [0.1, 0.15) is 25.0 Å². The number of hydrogen-bond donors (Lipinski definition) is 1. The summed E-state index contributed by atoms with van der Waals surface area (Å²) in [6.07, 6.45) is -5.41. The average molecular weight is 419 g/mol. The molecule has 1 aliphatic heterocycles. The Balaban J connectivity index is 1.65. The highest BCUT2D eigenvalue weighted by atomic mass is 19.4. The van der Waals surface area contributed by atoms with E-state index in [2.05, 4.69) is 5.32 Å². The maximum absolute atomic E-state index is 13.2. The number of carbonyl (C=O) groups excluding carboxylic acids is 1. The predicted molar refractivity (Wildman–Crippen MR) is 104 cm³/mol. The van der Waals surface area contributed by atoms with E-state index in [0.717, 1.165) is 6.07 Å². The van der Waals surface area contributed by atoms with E-state index in [0.29, 0.717) is 23.7 Å². The second kappa shape index (κ2) is 8.63. The molecule has 0 bridgehead atoms. The van der Waals surface area contributed by atoms with Gasteiger partial charge in [-0.15, -0.1) is 0 Å². The Morgan fingerprint density at radius 3 is 2.60 bits per heavy atom. The topological polar surface area (TPSA) is 74.6 Å². The van der Waals surface area contributed by atoms with E-state index in [4.69, 9.17) is 14.7 Å². The number of carbonyl (C=O) groups is 1. The molecule has 0 aromatic heterocycles. The number of ether oxygens (including phenoxy) is 2. The first-order chi connectivity index (χ1) is 14.2. The molecule has 2 aromatic rings. The molecule has 1 aliphatic rings. The molecule has 0 radical (unpaired) electrons. The van der Waals surface area contributed by atoms with Gasteiger partial charge in [-0.1, -0.05) is 0 Å². The third kappa shape index (κ3) is 5.02. The van der Waals surface area contributed by atoms with Crippen molar-refractivity contribution in [2.45, 2.75) is 32.4 Å². The van der Waals surface area contributed by atoms with Gasteiger partial charge in [0.25, 0.3) is 0 Å². The highest BCUT2D eigenvalue weighted by Crippen LogP contribution is 2.36. The highest BCUT2D eigenvalue weighted by Gasteiger charge is 2.36. The van der Waals surface area contributed by atoms with Gasteiger partial charge in [-0.25, -0.2) is 0 Å². The van der Waals surface area contributed by atoms with Gasteiger partial charge >= 0.3 is 6.18 Å². The fourth-order valence-electron chi connectivity index (χ4n) is 3.24. The molecule has 9 heteroatoms. The Morgan fingerprint density at radius 2 is 2.00 bits per heavy atom. The molecular formula is C21H20F3N3O3. The van der Waals surface area contributed by atoms with Crippen LogP contribution in [0, 0.1) is 11.3 Å². The summed E-state index contributed by atoms with van der Waals surface area (Å²) in [5.74, 6) is 0.408. The number of nitrogens with zero attached hydrogens (tertiary/aromatic N) is 2. The fraction of sp³-hybridized carbons (Fsp3) is 0.333. The monoisotopic (exact) mass is 419 g/mol. The molecule has 1 fully saturated rings. The van der Waals surface area contributed by atoms with Gasteiger partial charge in [-0.2, -0.15) is 18.4 Å². The summed E-state index contributed by atoms with van der Waals surface area (Å²) in [7, 11) is 0. The summed E-state index contributed by atoms with van der Waals surface area (Å²) in [6.45, 7) is 3.71. The second-order valence-electron chi connectivity index (χ2n) is 6.87. The van der Waals surface area contributed by atoms with E-state index in [9.17, 15) is 18.0 Å². The van der Waals surface area contributed by atoms with E-state index in [1.807, 2.05) is 0 Å². The van der Waals surface area contributed by atoms with Crippen molar-refractivity contribution in [2.24, 2.45) is 0 Å². The van der Waals surface area contributed by atoms with Gasteiger partial charge in [-0.05, 0) is 49.4 Å². The lowest BCUT2D eigenvalue weighted by Gasteiger charge is -2.23. The number of rotatable bonds is 5. The van der Waals surface area contributed by atoms with Crippen molar-refractivity contribution in [1.29, 1.82) is 5.26 Å². The van der Waals surface area contributed by atoms with E-state index in [1.54, 1.807) is 42.2 Å². The molecule has 2 atom stereocenters. The van der Waals surface area contributed by atoms with Crippen LogP contribution in [-0.2, 0) is 15.7 Å². The molecule has 2 aromatic carbocycles. The first kappa shape index (κ1) is 21.5. The lowest BCUT2D eigenvalue weighted by atomic mass is 10.1. The van der Waals surface area contributed by atoms with E-state index < -0.39 is 23.5 Å². The number of hydrogen-bond acceptors (Lipinski definition) is 5. The number of alkyl halides is 3. The Labute approximate surface area is 171 Å². The van der Waals surface area contributed by atoms with Crippen molar-refractivity contribution in [1.82, 2.24) is 0 Å². The highest BCUT2D eigenvalue weighted by molar-refractivity contribution is 5.88. The summed E-state index contributed by atoms with van der Waals surface area (Å²) in [4.78, 5) is 12.7. The maximum Gasteiger partial charge on any atom is 0.417 e. The number of benzene rings is 2. The van der Waals surface area contributed by atoms with Gasteiger partial charge in [0.1, 0.15) is 24.7 Å². The number of nitriles is 1. The van der Waals surface area contributed by atoms with Crippen LogP contribution in [-0.4, -0.2) is 31.4 Å². The van der Waals surface area contributed by atoms with Crippen LogP contribution < -0.4 is 15.0 Å². The zero-order valence-corrected chi connectivity index (χ0v) is 16.4. The minimum Gasteiger partial charge on any atom is -0.491 e. The van der Waals surface area contributed by atoms with E-state index in [-0.39, 0.29) is 18.6 Å². The largest absolute Gasteiger partial charge is 0.491 e. The molecule has 0 saturated carbocycles. The SMILES string of the molecule is CC(=O)Nc1ccc(OC[C@@H]2CN(c3ccc(C#N)c(C(F)(F)F)c3)[C@H](C)O2)cc1. The molecule has 6 nitrogen and oxygen atoms in total. The number of anilines is 2. The average Bonchev–Trinajstić information content (AvgIpc) is 3.06. The summed E-state index contributed by atoms with van der Waals surface area (Å²) in [5.41, 5.74) is -0.403. The Morgan fingerprint density at radius 1 is 1.30 bits per heavy atom. The fourth-order valence-corrected chi connectivity index (χ4v) is 3.24. The second-order valence-corrected chi connectivity index (χ2v) is 6.87. The van der Waals surface area contributed by atoms with Gasteiger partial charge in [-0.3, -0.25) is 4.79 Å². The van der Waals surface area contributed by atoms with Crippen molar-refractivity contribution in [3.05, 3.63) is 53.6 Å². The molecule has 0 spiro atoms. The van der Waals surface area contributed by atoms with Crippen molar-refractivity contribution in [2.75, 3.05) is 23.4 Å². The molecule has 1 amide bonds. The summed E-state index contributed by atoms with van der Waals surface area (Å²) < 4.78 is 51.2. The molecule has 1 heterocycles. The van der Waals surface area contributed by atoms with Crippen LogP contribution in [0.2, 0.25) is 0 Å². The quantitative estimate of drug-likeness (QED) is 0.788. The predicted octanol–water partition coefficient (Wildman–Crippen LogP) is 4.17. The van der Waals surface area contributed by atoms with Crippen molar-refractivity contribution < 1.29 is 27.4 Å². The maximum atomic E-state index is 13.2. The Hall–Kier alpha value is -3.25. The van der Waals surface area contributed by atoms with Crippen LogP contribution in [0.5, 0.6) is 5.75 Å². The van der Waals surface area contributed by atoms with E-state index >= 15 is 0 Å². The number of amides is 1. The van der Waals surface area contributed by atoms with Crippen molar-refractivity contribution in [3.8, 4) is 11.8 Å². The minimum absolute atomic E-state index is 0.173. The molecular weight excluding hydrogens is 399 g/mol. The molecule has 0 unspecified atom stereocenters. The molecule has 158 valence electrons. The Bertz CT molecular complexity index is 955. The molecule has 1 saturated heterocycles. The smallest absolute Gasteiger partial charge is 0.417 e. The summed E-state index contributed by atoms with van der Waals surface area (Å²) in [5, 5.41) is 11.6. The van der Waals surface area contributed by atoms with Gasteiger partial charge in [0.05, 0.1) is 23.7 Å². The van der Waals surface area contributed by atoms with E-state index in [1.165, 1.54) is 19.1 Å². The van der Waals surface area contributed by atoms with Gasteiger partial charge in [0.2, 0.25) is 5.91 Å². The standard InChI is InChI=1S/C21H20F3N3O3/c1-13(28)26-16-4-7-18(8-5-16)29-12-19-11-27(14(2)30-19)17-6-3-15(10-25)20(9-17)21(22,23)24/h3-9,14,19H,11-12H2,1-2H3,(H,26,28)/t14-,19-/m0/s1. The summed E-state index contributed by atoms with van der Waals surface area (Å²) in [6, 6.07) is 12.0. The van der Waals surface area contributed by atoms with Crippen LogP contribution >= 0.6 is 0 Å². The van der Waals surface area contributed by atoms with Crippen LogP contribution in [0.25, 0.3) is 0 Å². The van der Waals surface area contributed by atoms with Crippen LogP contribution in [0.15, 0.2) is 42.5 Å². The van der Waals surface area contributed by atoms with Crippen molar-refractivity contribution >= 4 is 17.3 Å². The number of nitrogens with one attached hydrogen (secondary N) is 1. The number of halogens is 3. The zero-order valence-electron chi connectivity index (χ0n) is 16.4. The van der Waals surface area contributed by atoms with Gasteiger partial charge in [0, 0.05) is 18.3 Å². The first-order valence-corrected chi connectivity index (χ1v) is 9.21. The molecule has 3 rings (SSSR count). The normalized spacial score (nSPS) is 18.7. The third-order valence-corrected chi connectivity index (χ3v) is 4.60. The molecule has 0 aliphatic carbocycles. The van der Waals surface area contributed by atoms with Crippen LogP contribution in [0.4, 0.5) is 24.5 Å².